The van der Waals surface area contributed by atoms with Gasteiger partial charge in [-0.05, 0) is 25.3 Å². The van der Waals surface area contributed by atoms with Crippen molar-refractivity contribution >= 4 is 11.7 Å². The summed E-state index contributed by atoms with van der Waals surface area (Å²) in [7, 11) is 1.63. The minimum absolute atomic E-state index is 0.0202. The Kier molecular flexibility index (Phi) is 5.39. The van der Waals surface area contributed by atoms with Gasteiger partial charge in [-0.2, -0.15) is 22.8 Å². The molecule has 1 saturated heterocycles. The van der Waals surface area contributed by atoms with Crippen molar-refractivity contribution in [3.8, 4) is 22.6 Å². The number of benzene rings is 1. The molecule has 0 aliphatic carbocycles. The molecule has 1 N–H and O–H groups in total. The predicted octanol–water partition coefficient (Wildman–Crippen LogP) is 3.68. The first kappa shape index (κ1) is 22.1. The lowest BCUT2D eigenvalue weighted by Crippen LogP contribution is -2.39. The molecule has 1 aliphatic heterocycles. The van der Waals surface area contributed by atoms with Crippen molar-refractivity contribution in [1.29, 1.82) is 0 Å². The van der Waals surface area contributed by atoms with E-state index in [0.29, 0.717) is 17.6 Å². The van der Waals surface area contributed by atoms with E-state index in [4.69, 9.17) is 9.15 Å². The smallest absolute Gasteiger partial charge is 0.403 e. The Labute approximate surface area is 191 Å². The van der Waals surface area contributed by atoms with Crippen molar-refractivity contribution < 1.29 is 22.3 Å². The molecule has 1 atom stereocenters. The molecular weight excluding hydrogens is 453 g/mol. The summed E-state index contributed by atoms with van der Waals surface area (Å²) in [5, 5.41) is 11.7. The highest BCUT2D eigenvalue weighted by atomic mass is 19.4. The van der Waals surface area contributed by atoms with Crippen molar-refractivity contribution in [2.24, 2.45) is 0 Å². The van der Waals surface area contributed by atoms with Gasteiger partial charge in [0.2, 0.25) is 0 Å². The Morgan fingerprint density at radius 1 is 1.18 bits per heavy atom. The maximum Gasteiger partial charge on any atom is 0.435 e. The molecule has 178 valence electrons. The maximum atomic E-state index is 13.8. The molecule has 0 radical (unpaired) electrons. The number of piperidine rings is 1. The van der Waals surface area contributed by atoms with E-state index in [1.165, 1.54) is 12.1 Å². The van der Waals surface area contributed by atoms with Crippen molar-refractivity contribution in [2.45, 2.75) is 32.0 Å². The van der Waals surface area contributed by atoms with E-state index in [0.717, 1.165) is 12.8 Å². The number of aromatic nitrogens is 5. The molecule has 1 fully saturated rings. The zero-order valence-electron chi connectivity index (χ0n) is 18.4. The second-order valence-corrected chi connectivity index (χ2v) is 8.11. The highest BCUT2D eigenvalue weighted by Crippen LogP contribution is 2.38. The van der Waals surface area contributed by atoms with Gasteiger partial charge in [0.1, 0.15) is 11.2 Å². The van der Waals surface area contributed by atoms with Gasteiger partial charge < -0.3 is 19.0 Å². The highest BCUT2D eigenvalue weighted by molar-refractivity contribution is 5.81. The number of rotatable bonds is 4. The molecule has 5 rings (SSSR count). The third-order valence-corrected chi connectivity index (χ3v) is 5.91. The van der Waals surface area contributed by atoms with Gasteiger partial charge in [-0.1, -0.05) is 35.4 Å². The van der Waals surface area contributed by atoms with E-state index in [1.54, 1.807) is 32.2 Å². The SMILES string of the molecule is COC1CCCN(c2nnc(-c3c(C)[nH]c4c(-c5ccccc5)c(C(F)(F)F)nn4c3=O)o2)C1. The summed E-state index contributed by atoms with van der Waals surface area (Å²) in [6.07, 6.45) is -2.96. The van der Waals surface area contributed by atoms with Crippen LogP contribution < -0.4 is 10.5 Å². The lowest BCUT2D eigenvalue weighted by Gasteiger charge is -2.30. The van der Waals surface area contributed by atoms with E-state index in [1.807, 2.05) is 4.90 Å². The lowest BCUT2D eigenvalue weighted by atomic mass is 10.1. The summed E-state index contributed by atoms with van der Waals surface area (Å²) in [5.74, 6) is -0.0967. The molecule has 3 aromatic heterocycles. The highest BCUT2D eigenvalue weighted by Gasteiger charge is 2.39. The molecule has 4 heterocycles. The topological polar surface area (TPSA) is 102 Å². The normalized spacial score (nSPS) is 17.0. The van der Waals surface area contributed by atoms with Crippen LogP contribution in [0, 0.1) is 6.92 Å². The van der Waals surface area contributed by atoms with Crippen molar-refractivity contribution in [3.63, 3.8) is 0 Å². The van der Waals surface area contributed by atoms with Crippen LogP contribution in [-0.2, 0) is 10.9 Å². The number of ether oxygens (including phenoxy) is 1. The van der Waals surface area contributed by atoms with Crippen LogP contribution in [0.3, 0.4) is 0 Å². The van der Waals surface area contributed by atoms with E-state index >= 15 is 0 Å². The number of H-pyrrole nitrogens is 1. The molecule has 4 aromatic rings. The maximum absolute atomic E-state index is 13.8. The number of aryl methyl sites for hydroxylation is 1. The van der Waals surface area contributed by atoms with E-state index < -0.39 is 17.4 Å². The Hall–Kier alpha value is -3.67. The molecule has 1 aromatic carbocycles. The first-order valence-electron chi connectivity index (χ1n) is 10.7. The van der Waals surface area contributed by atoms with Gasteiger partial charge in [0.25, 0.3) is 11.4 Å². The molecule has 1 unspecified atom stereocenters. The molecule has 0 bridgehead atoms. The Bertz CT molecular complexity index is 1390. The standard InChI is InChI=1S/C22H21F3N6O3/c1-12-15(19-27-28-21(34-19)30-10-6-9-14(11-30)33-2)20(32)31-18(26-12)16(13-7-4-3-5-8-13)17(29-31)22(23,24)25/h3-5,7-8,14,26H,6,9-11H2,1-2H3. The van der Waals surface area contributed by atoms with Crippen LogP contribution in [0.2, 0.25) is 0 Å². The fourth-order valence-electron chi connectivity index (χ4n) is 4.26. The minimum Gasteiger partial charge on any atom is -0.403 e. The van der Waals surface area contributed by atoms with E-state index in [2.05, 4.69) is 20.3 Å². The number of alkyl halides is 3. The molecule has 0 amide bonds. The minimum atomic E-state index is -4.77. The number of aromatic amines is 1. The number of hydrogen-bond acceptors (Lipinski definition) is 7. The van der Waals surface area contributed by atoms with Crippen molar-refractivity contribution in [2.75, 3.05) is 25.1 Å². The van der Waals surface area contributed by atoms with Gasteiger partial charge >= 0.3 is 12.2 Å². The summed E-state index contributed by atoms with van der Waals surface area (Å²) in [6.45, 7) is 2.81. The molecule has 0 spiro atoms. The average molecular weight is 474 g/mol. The molecule has 9 nitrogen and oxygen atoms in total. The first-order chi connectivity index (χ1) is 16.3. The number of fused-ring (bicyclic) bond motifs is 1. The monoisotopic (exact) mass is 474 g/mol. The third-order valence-electron chi connectivity index (χ3n) is 5.91. The second kappa shape index (κ2) is 8.28. The van der Waals surface area contributed by atoms with Crippen molar-refractivity contribution in [3.05, 3.63) is 52.1 Å². The van der Waals surface area contributed by atoms with Gasteiger partial charge in [0.05, 0.1) is 11.7 Å². The number of hydrogen-bond donors (Lipinski definition) is 1. The number of nitrogens with zero attached hydrogens (tertiary/aromatic N) is 5. The summed E-state index contributed by atoms with van der Waals surface area (Å²) in [5.41, 5.74) is -1.69. The predicted molar refractivity (Wildman–Crippen MR) is 117 cm³/mol. The Morgan fingerprint density at radius 2 is 1.94 bits per heavy atom. The number of methoxy groups -OCH3 is 1. The average Bonchev–Trinajstić information content (AvgIpc) is 3.45. The second-order valence-electron chi connectivity index (χ2n) is 8.11. The number of halogens is 3. The third kappa shape index (κ3) is 3.73. The Morgan fingerprint density at radius 3 is 2.65 bits per heavy atom. The van der Waals surface area contributed by atoms with Gasteiger partial charge in [0, 0.05) is 25.9 Å². The summed E-state index contributed by atoms with van der Waals surface area (Å²) in [4.78, 5) is 18.1. The summed E-state index contributed by atoms with van der Waals surface area (Å²) >= 11 is 0. The summed E-state index contributed by atoms with van der Waals surface area (Å²) in [6, 6.07) is 8.21. The van der Waals surface area contributed by atoms with Crippen LogP contribution in [-0.4, -0.2) is 51.1 Å². The van der Waals surface area contributed by atoms with Crippen LogP contribution >= 0.6 is 0 Å². The molecule has 0 saturated carbocycles. The van der Waals surface area contributed by atoms with Crippen LogP contribution in [0.15, 0.2) is 39.5 Å². The van der Waals surface area contributed by atoms with Crippen LogP contribution in [0.5, 0.6) is 0 Å². The summed E-state index contributed by atoms with van der Waals surface area (Å²) < 4.78 is 53.4. The van der Waals surface area contributed by atoms with Gasteiger partial charge in [0.15, 0.2) is 5.69 Å². The lowest BCUT2D eigenvalue weighted by molar-refractivity contribution is -0.140. The van der Waals surface area contributed by atoms with Crippen molar-refractivity contribution in [1.82, 2.24) is 24.8 Å². The molecule has 34 heavy (non-hydrogen) atoms. The number of nitrogens with one attached hydrogen (secondary N) is 1. The molecule has 12 heteroatoms. The van der Waals surface area contributed by atoms with Crippen LogP contribution in [0.1, 0.15) is 24.2 Å². The zero-order valence-corrected chi connectivity index (χ0v) is 18.4. The van der Waals surface area contributed by atoms with E-state index in [-0.39, 0.29) is 46.0 Å². The van der Waals surface area contributed by atoms with Gasteiger partial charge in [-0.15, -0.1) is 5.10 Å². The fourth-order valence-corrected chi connectivity index (χ4v) is 4.26. The van der Waals surface area contributed by atoms with Gasteiger partial charge in [-0.25, -0.2) is 0 Å². The largest absolute Gasteiger partial charge is 0.435 e. The fraction of sp³-hybridized carbons (Fsp3) is 0.364. The quantitative estimate of drug-likeness (QED) is 0.481. The zero-order chi connectivity index (χ0) is 24.0. The molecule has 1 aliphatic rings. The Balaban J connectivity index is 1.64. The first-order valence-corrected chi connectivity index (χ1v) is 10.7. The van der Waals surface area contributed by atoms with Gasteiger partial charge in [-0.3, -0.25) is 4.79 Å². The molecular formula is C22H21F3N6O3. The van der Waals surface area contributed by atoms with E-state index in [9.17, 15) is 18.0 Å². The number of anilines is 1. The van der Waals surface area contributed by atoms with Crippen LogP contribution in [0.25, 0.3) is 28.2 Å². The van der Waals surface area contributed by atoms with Crippen LogP contribution in [0.4, 0.5) is 19.2 Å².